The highest BCUT2D eigenvalue weighted by atomic mass is 16.2. The predicted molar refractivity (Wildman–Crippen MR) is 105 cm³/mol. The quantitative estimate of drug-likeness (QED) is 0.767. The van der Waals surface area contributed by atoms with Gasteiger partial charge in [-0.1, -0.05) is 36.8 Å². The number of benzene rings is 1. The van der Waals surface area contributed by atoms with Crippen LogP contribution in [0.15, 0.2) is 30.3 Å². The minimum absolute atomic E-state index is 0.0414. The number of carbonyl (C=O) groups is 3. The summed E-state index contributed by atoms with van der Waals surface area (Å²) in [5, 5.41) is 5.12. The van der Waals surface area contributed by atoms with E-state index in [0.717, 1.165) is 12.1 Å². The summed E-state index contributed by atoms with van der Waals surface area (Å²) in [6.07, 6.45) is 5.98. The molecule has 4 rings (SSSR count). The van der Waals surface area contributed by atoms with Gasteiger partial charge in [0, 0.05) is 12.5 Å². The van der Waals surface area contributed by atoms with Gasteiger partial charge in [0.1, 0.15) is 5.54 Å². The van der Waals surface area contributed by atoms with E-state index in [9.17, 15) is 14.4 Å². The van der Waals surface area contributed by atoms with Gasteiger partial charge in [0.15, 0.2) is 0 Å². The Kier molecular flexibility index (Phi) is 5.13. The second kappa shape index (κ2) is 7.57. The largest absolute Gasteiger partial charge is 0.335 e. The van der Waals surface area contributed by atoms with Crippen LogP contribution in [0.1, 0.15) is 63.5 Å². The van der Waals surface area contributed by atoms with Crippen molar-refractivity contribution in [1.29, 1.82) is 0 Å². The Balaban J connectivity index is 1.46. The fourth-order valence-electron chi connectivity index (χ4n) is 4.78. The molecule has 28 heavy (non-hydrogen) atoms. The highest BCUT2D eigenvalue weighted by Crippen LogP contribution is 2.37. The standard InChI is InChI=1S/C22H29N3O3/c1-15(17-8-3-2-4-9-17)25(14-16-6-5-7-16)19(26)18-10-12-22(13-11-18)20(27)23-21(28)24-22/h2-4,8-9,15-16,18H,5-7,10-14H2,1H3,(H2,23,24,27,28)/t15-,18?,22?/m1/s1. The zero-order valence-corrected chi connectivity index (χ0v) is 16.4. The first-order valence-corrected chi connectivity index (χ1v) is 10.5. The van der Waals surface area contributed by atoms with Gasteiger partial charge < -0.3 is 10.2 Å². The zero-order valence-electron chi connectivity index (χ0n) is 16.4. The van der Waals surface area contributed by atoms with Crippen LogP contribution in [0.3, 0.4) is 0 Å². The lowest BCUT2D eigenvalue weighted by atomic mass is 9.75. The molecule has 0 unspecified atom stereocenters. The Morgan fingerprint density at radius 2 is 1.82 bits per heavy atom. The van der Waals surface area contributed by atoms with Crippen molar-refractivity contribution in [2.45, 2.75) is 63.5 Å². The molecule has 1 aromatic carbocycles. The minimum Gasteiger partial charge on any atom is -0.335 e. The second-order valence-corrected chi connectivity index (χ2v) is 8.64. The SMILES string of the molecule is C[C@H](c1ccccc1)N(CC1CCC1)C(=O)C1CCC2(CC1)NC(=O)NC2=O. The lowest BCUT2D eigenvalue weighted by Crippen LogP contribution is -2.51. The summed E-state index contributed by atoms with van der Waals surface area (Å²) in [7, 11) is 0. The van der Waals surface area contributed by atoms with Crippen molar-refractivity contribution in [1.82, 2.24) is 15.5 Å². The number of nitrogens with one attached hydrogen (secondary N) is 2. The molecule has 2 N–H and O–H groups in total. The molecular weight excluding hydrogens is 354 g/mol. The lowest BCUT2D eigenvalue weighted by Gasteiger charge is -2.40. The molecule has 1 saturated heterocycles. The Morgan fingerprint density at radius 1 is 1.14 bits per heavy atom. The average molecular weight is 383 g/mol. The number of amides is 4. The molecule has 6 heteroatoms. The molecule has 4 amide bonds. The molecule has 3 fully saturated rings. The van der Waals surface area contributed by atoms with Crippen LogP contribution in [-0.4, -0.2) is 34.8 Å². The summed E-state index contributed by atoms with van der Waals surface area (Å²) < 4.78 is 0. The van der Waals surface area contributed by atoms with E-state index < -0.39 is 11.6 Å². The van der Waals surface area contributed by atoms with E-state index in [-0.39, 0.29) is 23.8 Å². The molecule has 6 nitrogen and oxygen atoms in total. The average Bonchev–Trinajstić information content (AvgIpc) is 2.94. The van der Waals surface area contributed by atoms with E-state index >= 15 is 0 Å². The second-order valence-electron chi connectivity index (χ2n) is 8.64. The third-order valence-corrected chi connectivity index (χ3v) is 6.92. The van der Waals surface area contributed by atoms with Crippen molar-refractivity contribution in [2.75, 3.05) is 6.54 Å². The summed E-state index contributed by atoms with van der Waals surface area (Å²) in [5.41, 5.74) is 0.349. The summed E-state index contributed by atoms with van der Waals surface area (Å²) in [6, 6.07) is 9.82. The van der Waals surface area contributed by atoms with Gasteiger partial charge in [0.25, 0.3) is 5.91 Å². The van der Waals surface area contributed by atoms with E-state index in [1.807, 2.05) is 18.2 Å². The van der Waals surface area contributed by atoms with Gasteiger partial charge in [0.05, 0.1) is 6.04 Å². The Hall–Kier alpha value is -2.37. The van der Waals surface area contributed by atoms with E-state index in [1.54, 1.807) is 0 Å². The Bertz CT molecular complexity index is 752. The van der Waals surface area contributed by atoms with Crippen molar-refractivity contribution in [3.8, 4) is 0 Å². The van der Waals surface area contributed by atoms with Crippen LogP contribution >= 0.6 is 0 Å². The molecule has 3 aliphatic rings. The van der Waals surface area contributed by atoms with Gasteiger partial charge in [-0.25, -0.2) is 4.79 Å². The molecule has 1 atom stereocenters. The summed E-state index contributed by atoms with van der Waals surface area (Å²) in [4.78, 5) is 39.2. The molecule has 1 aromatic rings. The van der Waals surface area contributed by atoms with E-state index in [0.29, 0.717) is 31.6 Å². The fourth-order valence-corrected chi connectivity index (χ4v) is 4.78. The maximum absolute atomic E-state index is 13.5. The predicted octanol–water partition coefficient (Wildman–Crippen LogP) is 3.14. The summed E-state index contributed by atoms with van der Waals surface area (Å²) in [6.45, 7) is 2.93. The summed E-state index contributed by atoms with van der Waals surface area (Å²) in [5.74, 6) is 0.474. The molecule has 1 aliphatic heterocycles. The summed E-state index contributed by atoms with van der Waals surface area (Å²) >= 11 is 0. The topological polar surface area (TPSA) is 78.5 Å². The molecule has 1 heterocycles. The Morgan fingerprint density at radius 3 is 2.36 bits per heavy atom. The number of hydrogen-bond donors (Lipinski definition) is 2. The molecule has 1 spiro atoms. The van der Waals surface area contributed by atoms with Gasteiger partial charge in [-0.3, -0.25) is 14.9 Å². The highest BCUT2D eigenvalue weighted by molar-refractivity contribution is 6.07. The first-order valence-electron chi connectivity index (χ1n) is 10.5. The molecule has 2 saturated carbocycles. The Labute approximate surface area is 166 Å². The van der Waals surface area contributed by atoms with Crippen LogP contribution in [0.25, 0.3) is 0 Å². The van der Waals surface area contributed by atoms with Crippen molar-refractivity contribution in [2.24, 2.45) is 11.8 Å². The van der Waals surface area contributed by atoms with E-state index in [2.05, 4.69) is 34.6 Å². The van der Waals surface area contributed by atoms with Gasteiger partial charge in [0.2, 0.25) is 5.91 Å². The number of hydrogen-bond acceptors (Lipinski definition) is 3. The number of imide groups is 1. The van der Waals surface area contributed by atoms with Crippen LogP contribution in [0.5, 0.6) is 0 Å². The highest BCUT2D eigenvalue weighted by Gasteiger charge is 2.49. The van der Waals surface area contributed by atoms with Crippen LogP contribution in [0.2, 0.25) is 0 Å². The first-order chi connectivity index (χ1) is 13.5. The van der Waals surface area contributed by atoms with Crippen LogP contribution < -0.4 is 10.6 Å². The van der Waals surface area contributed by atoms with Crippen molar-refractivity contribution in [3.05, 3.63) is 35.9 Å². The maximum Gasteiger partial charge on any atom is 0.322 e. The maximum atomic E-state index is 13.5. The number of rotatable bonds is 5. The molecule has 2 aliphatic carbocycles. The number of urea groups is 1. The minimum atomic E-state index is -0.808. The van der Waals surface area contributed by atoms with Gasteiger partial charge >= 0.3 is 6.03 Å². The fraction of sp³-hybridized carbons (Fsp3) is 0.591. The van der Waals surface area contributed by atoms with E-state index in [1.165, 1.54) is 19.3 Å². The normalized spacial score (nSPS) is 28.4. The third-order valence-electron chi connectivity index (χ3n) is 6.92. The van der Waals surface area contributed by atoms with Gasteiger partial charge in [-0.2, -0.15) is 0 Å². The van der Waals surface area contributed by atoms with Crippen molar-refractivity contribution >= 4 is 17.8 Å². The monoisotopic (exact) mass is 383 g/mol. The molecule has 150 valence electrons. The van der Waals surface area contributed by atoms with Gasteiger partial charge in [-0.05, 0) is 56.9 Å². The first kappa shape index (κ1) is 19.0. The smallest absolute Gasteiger partial charge is 0.322 e. The number of carbonyl (C=O) groups excluding carboxylic acids is 3. The molecule has 0 aromatic heterocycles. The van der Waals surface area contributed by atoms with Crippen LogP contribution in [0, 0.1) is 11.8 Å². The number of nitrogens with zero attached hydrogens (tertiary/aromatic N) is 1. The molecular formula is C22H29N3O3. The lowest BCUT2D eigenvalue weighted by molar-refractivity contribution is -0.141. The van der Waals surface area contributed by atoms with Crippen molar-refractivity contribution < 1.29 is 14.4 Å². The van der Waals surface area contributed by atoms with Crippen molar-refractivity contribution in [3.63, 3.8) is 0 Å². The zero-order chi connectivity index (χ0) is 19.7. The third kappa shape index (κ3) is 3.52. The van der Waals surface area contributed by atoms with Gasteiger partial charge in [-0.15, -0.1) is 0 Å². The van der Waals surface area contributed by atoms with Crippen LogP contribution in [-0.2, 0) is 9.59 Å². The molecule has 0 bridgehead atoms. The van der Waals surface area contributed by atoms with Crippen LogP contribution in [0.4, 0.5) is 4.79 Å². The van der Waals surface area contributed by atoms with E-state index in [4.69, 9.17) is 0 Å². The molecule has 0 radical (unpaired) electrons.